The first-order chi connectivity index (χ1) is 9.66. The lowest BCUT2D eigenvalue weighted by atomic mass is 9.86. The molecule has 0 bridgehead atoms. The fraction of sp³-hybridized carbons (Fsp3) is 0.533. The molecule has 0 saturated heterocycles. The highest BCUT2D eigenvalue weighted by Gasteiger charge is 2.32. The predicted molar refractivity (Wildman–Crippen MR) is 74.6 cm³/mol. The molecule has 6 heteroatoms. The van der Waals surface area contributed by atoms with Gasteiger partial charge in [0.1, 0.15) is 6.04 Å². The van der Waals surface area contributed by atoms with E-state index >= 15 is 0 Å². The minimum Gasteiger partial charge on any atom is -0.468 e. The van der Waals surface area contributed by atoms with Gasteiger partial charge < -0.3 is 15.2 Å². The molecular weight excluding hydrogens is 280 g/mol. The smallest absolute Gasteiger partial charge is 0.323 e. The Hall–Kier alpha value is -1.53. The van der Waals surface area contributed by atoms with Gasteiger partial charge in [-0.05, 0) is 23.1 Å². The number of rotatable bonds is 5. The topological polar surface area (TPSA) is 58.6 Å². The van der Waals surface area contributed by atoms with Gasteiger partial charge >= 0.3 is 5.97 Å². The number of hydrogen-bond acceptors (Lipinski definition) is 4. The van der Waals surface area contributed by atoms with Crippen LogP contribution in [0, 0.1) is 17.0 Å². The Morgan fingerprint density at radius 2 is 1.95 bits per heavy atom. The zero-order valence-electron chi connectivity index (χ0n) is 12.6. The molecule has 1 aromatic rings. The standard InChI is InChI=1S/C15H21F2NO3/c1-15(2,3)13(14(20)21-4)18-8-12(19)9-5-6-10(16)11(17)7-9/h5-7,12-13,18-19H,8H2,1-4H3. The van der Waals surface area contributed by atoms with Crippen molar-refractivity contribution < 1.29 is 23.4 Å². The van der Waals surface area contributed by atoms with Crippen LogP contribution in [0.15, 0.2) is 18.2 Å². The lowest BCUT2D eigenvalue weighted by molar-refractivity contribution is -0.146. The van der Waals surface area contributed by atoms with Crippen molar-refractivity contribution in [3.8, 4) is 0 Å². The van der Waals surface area contributed by atoms with E-state index in [1.165, 1.54) is 13.2 Å². The van der Waals surface area contributed by atoms with E-state index in [9.17, 15) is 18.7 Å². The van der Waals surface area contributed by atoms with Crippen LogP contribution in [0.5, 0.6) is 0 Å². The minimum absolute atomic E-state index is 0.0160. The number of esters is 1. The number of carbonyl (C=O) groups is 1. The third-order valence-electron chi connectivity index (χ3n) is 3.15. The first-order valence-electron chi connectivity index (χ1n) is 6.61. The Morgan fingerprint density at radius 1 is 1.33 bits per heavy atom. The molecule has 2 unspecified atom stereocenters. The monoisotopic (exact) mass is 301 g/mol. The quantitative estimate of drug-likeness (QED) is 0.818. The van der Waals surface area contributed by atoms with Gasteiger partial charge in [-0.3, -0.25) is 4.79 Å². The van der Waals surface area contributed by atoms with Crippen LogP contribution >= 0.6 is 0 Å². The highest BCUT2D eigenvalue weighted by atomic mass is 19.2. The lowest BCUT2D eigenvalue weighted by Gasteiger charge is -2.30. The molecule has 0 heterocycles. The van der Waals surface area contributed by atoms with E-state index in [1.807, 2.05) is 20.8 Å². The van der Waals surface area contributed by atoms with E-state index in [4.69, 9.17) is 4.74 Å². The van der Waals surface area contributed by atoms with Crippen LogP contribution in [0.3, 0.4) is 0 Å². The molecule has 0 fully saturated rings. The van der Waals surface area contributed by atoms with Crippen molar-refractivity contribution in [2.75, 3.05) is 13.7 Å². The SMILES string of the molecule is COC(=O)C(NCC(O)c1ccc(F)c(F)c1)C(C)(C)C. The Morgan fingerprint density at radius 3 is 2.43 bits per heavy atom. The molecule has 1 rings (SSSR count). The molecule has 0 aliphatic carbocycles. The molecule has 1 aromatic carbocycles. The second-order valence-electron chi connectivity index (χ2n) is 5.92. The van der Waals surface area contributed by atoms with Crippen LogP contribution in [0.1, 0.15) is 32.4 Å². The summed E-state index contributed by atoms with van der Waals surface area (Å²) in [5.74, 6) is -2.44. The van der Waals surface area contributed by atoms with Crippen molar-refractivity contribution in [2.24, 2.45) is 5.41 Å². The van der Waals surface area contributed by atoms with Gasteiger partial charge in [0, 0.05) is 6.54 Å². The van der Waals surface area contributed by atoms with Crippen molar-refractivity contribution in [3.63, 3.8) is 0 Å². The van der Waals surface area contributed by atoms with Gasteiger partial charge in [0.25, 0.3) is 0 Å². The van der Waals surface area contributed by atoms with Crippen LogP contribution in [0.2, 0.25) is 0 Å². The average Bonchev–Trinajstić information content (AvgIpc) is 2.39. The third-order valence-corrected chi connectivity index (χ3v) is 3.15. The summed E-state index contributed by atoms with van der Waals surface area (Å²) in [4.78, 5) is 11.7. The number of ether oxygens (including phenoxy) is 1. The average molecular weight is 301 g/mol. The number of halogens is 2. The van der Waals surface area contributed by atoms with Crippen molar-refractivity contribution in [1.82, 2.24) is 5.32 Å². The van der Waals surface area contributed by atoms with Gasteiger partial charge in [-0.25, -0.2) is 8.78 Å². The lowest BCUT2D eigenvalue weighted by Crippen LogP contribution is -2.48. The highest BCUT2D eigenvalue weighted by Crippen LogP contribution is 2.22. The summed E-state index contributed by atoms with van der Waals surface area (Å²) in [6.07, 6.45) is -1.06. The van der Waals surface area contributed by atoms with Gasteiger partial charge in [0.2, 0.25) is 0 Å². The number of aliphatic hydroxyl groups is 1. The second kappa shape index (κ2) is 6.95. The van der Waals surface area contributed by atoms with Crippen molar-refractivity contribution in [3.05, 3.63) is 35.4 Å². The van der Waals surface area contributed by atoms with Crippen LogP contribution in [0.25, 0.3) is 0 Å². The molecule has 2 N–H and O–H groups in total. The van der Waals surface area contributed by atoms with Gasteiger partial charge in [-0.2, -0.15) is 0 Å². The van der Waals surface area contributed by atoms with Crippen molar-refractivity contribution >= 4 is 5.97 Å². The number of carbonyl (C=O) groups excluding carboxylic acids is 1. The molecule has 21 heavy (non-hydrogen) atoms. The Bertz CT molecular complexity index is 500. The molecule has 0 amide bonds. The summed E-state index contributed by atoms with van der Waals surface area (Å²) in [5, 5.41) is 12.9. The molecule has 0 aliphatic rings. The minimum atomic E-state index is -1.06. The molecule has 118 valence electrons. The molecule has 0 radical (unpaired) electrons. The third kappa shape index (κ3) is 4.75. The summed E-state index contributed by atoms with van der Waals surface area (Å²) in [6.45, 7) is 5.57. The molecule has 2 atom stereocenters. The maximum Gasteiger partial charge on any atom is 0.323 e. The maximum absolute atomic E-state index is 13.1. The van der Waals surface area contributed by atoms with Crippen LogP contribution in [-0.4, -0.2) is 30.8 Å². The van der Waals surface area contributed by atoms with Gasteiger partial charge in [0.15, 0.2) is 11.6 Å². The number of methoxy groups -OCH3 is 1. The zero-order valence-corrected chi connectivity index (χ0v) is 12.6. The Kier molecular flexibility index (Phi) is 5.80. The zero-order chi connectivity index (χ0) is 16.2. The number of hydrogen-bond donors (Lipinski definition) is 2. The molecule has 4 nitrogen and oxygen atoms in total. The number of benzene rings is 1. The van der Waals surface area contributed by atoms with Gasteiger partial charge in [-0.15, -0.1) is 0 Å². The largest absolute Gasteiger partial charge is 0.468 e. The van der Waals surface area contributed by atoms with E-state index in [1.54, 1.807) is 0 Å². The fourth-order valence-electron chi connectivity index (χ4n) is 1.93. The molecule has 0 saturated carbocycles. The van der Waals surface area contributed by atoms with Crippen molar-refractivity contribution in [2.45, 2.75) is 32.9 Å². The summed E-state index contributed by atoms with van der Waals surface area (Å²) in [5.41, 5.74) is -0.181. The van der Waals surface area contributed by atoms with Gasteiger partial charge in [0.05, 0.1) is 13.2 Å². The van der Waals surface area contributed by atoms with E-state index in [0.717, 1.165) is 12.1 Å². The molecule has 0 aromatic heterocycles. The van der Waals surface area contributed by atoms with E-state index < -0.39 is 35.2 Å². The number of aliphatic hydroxyl groups excluding tert-OH is 1. The number of nitrogens with one attached hydrogen (secondary N) is 1. The first-order valence-corrected chi connectivity index (χ1v) is 6.61. The molecule has 0 aliphatic heterocycles. The van der Waals surface area contributed by atoms with Crippen molar-refractivity contribution in [1.29, 1.82) is 0 Å². The first kappa shape index (κ1) is 17.5. The van der Waals surface area contributed by atoms with E-state index in [-0.39, 0.29) is 12.1 Å². The van der Waals surface area contributed by atoms with E-state index in [0.29, 0.717) is 0 Å². The second-order valence-corrected chi connectivity index (χ2v) is 5.92. The van der Waals surface area contributed by atoms with Crippen LogP contribution in [-0.2, 0) is 9.53 Å². The molecule has 0 spiro atoms. The van der Waals surface area contributed by atoms with Crippen LogP contribution in [0.4, 0.5) is 8.78 Å². The summed E-state index contributed by atoms with van der Waals surface area (Å²) < 4.78 is 30.7. The Balaban J connectivity index is 2.75. The fourth-order valence-corrected chi connectivity index (χ4v) is 1.93. The molecular formula is C15H21F2NO3. The summed E-state index contributed by atoms with van der Waals surface area (Å²) >= 11 is 0. The summed E-state index contributed by atoms with van der Waals surface area (Å²) in [6, 6.07) is 2.57. The van der Waals surface area contributed by atoms with Crippen LogP contribution < -0.4 is 5.32 Å². The Labute approximate surface area is 123 Å². The predicted octanol–water partition coefficient (Wildman–Crippen LogP) is 2.18. The van der Waals surface area contributed by atoms with E-state index in [2.05, 4.69) is 5.32 Å². The normalized spacial score (nSPS) is 14.6. The maximum atomic E-state index is 13.1. The van der Waals surface area contributed by atoms with Gasteiger partial charge in [-0.1, -0.05) is 26.8 Å². The summed E-state index contributed by atoms with van der Waals surface area (Å²) in [7, 11) is 1.29. The highest BCUT2D eigenvalue weighted by molar-refractivity contribution is 5.76.